The largest absolute Gasteiger partial charge is 0.480 e. The molecule has 0 aromatic heterocycles. The molecular weight excluding hydrogens is 280 g/mol. The minimum atomic E-state index is -0.870. The molecule has 0 saturated carbocycles. The van der Waals surface area contributed by atoms with Crippen molar-refractivity contribution in [3.05, 3.63) is 0 Å². The highest BCUT2D eigenvalue weighted by molar-refractivity contribution is 8.02. The zero-order chi connectivity index (χ0) is 15.0. The molecular formula is C13H22N2O4S. The van der Waals surface area contributed by atoms with Gasteiger partial charge in [0.25, 0.3) is 0 Å². The average molecular weight is 302 g/mol. The molecule has 0 spiro atoms. The van der Waals surface area contributed by atoms with Gasteiger partial charge >= 0.3 is 5.97 Å². The lowest BCUT2D eigenvalue weighted by atomic mass is 10.0. The van der Waals surface area contributed by atoms with Crippen molar-refractivity contribution in [2.45, 2.75) is 42.9 Å². The molecule has 0 bridgehead atoms. The second-order valence-corrected chi connectivity index (χ2v) is 8.18. The van der Waals surface area contributed by atoms with Crippen molar-refractivity contribution in [3.63, 3.8) is 0 Å². The number of carboxylic acid groups (broad SMARTS) is 1. The molecule has 2 aliphatic rings. The van der Waals surface area contributed by atoms with E-state index >= 15 is 0 Å². The Hall–Kier alpha value is -0.790. The van der Waals surface area contributed by atoms with Crippen LogP contribution in [0.25, 0.3) is 0 Å². The molecule has 114 valence electrons. The first-order valence-electron chi connectivity index (χ1n) is 6.80. The molecule has 6 nitrogen and oxygen atoms in total. The Morgan fingerprint density at radius 3 is 2.45 bits per heavy atom. The van der Waals surface area contributed by atoms with Gasteiger partial charge in [0.15, 0.2) is 0 Å². The minimum Gasteiger partial charge on any atom is -0.480 e. The Labute approximate surface area is 123 Å². The van der Waals surface area contributed by atoms with E-state index in [1.165, 1.54) is 11.8 Å². The van der Waals surface area contributed by atoms with Crippen molar-refractivity contribution in [3.8, 4) is 0 Å². The van der Waals surface area contributed by atoms with Gasteiger partial charge < -0.3 is 14.7 Å². The Balaban J connectivity index is 2.01. The van der Waals surface area contributed by atoms with Crippen LogP contribution in [0.4, 0.5) is 0 Å². The van der Waals surface area contributed by atoms with Gasteiger partial charge in [-0.3, -0.25) is 14.9 Å². The highest BCUT2D eigenvalue weighted by Crippen LogP contribution is 2.46. The summed E-state index contributed by atoms with van der Waals surface area (Å²) in [6, 6.07) is -0.644. The monoisotopic (exact) mass is 302 g/mol. The van der Waals surface area contributed by atoms with E-state index in [1.807, 2.05) is 20.8 Å². The van der Waals surface area contributed by atoms with E-state index in [4.69, 9.17) is 4.74 Å². The van der Waals surface area contributed by atoms with Gasteiger partial charge in [-0.1, -0.05) is 0 Å². The van der Waals surface area contributed by atoms with Gasteiger partial charge in [-0.25, -0.2) is 0 Å². The zero-order valence-corrected chi connectivity index (χ0v) is 13.0. The van der Waals surface area contributed by atoms with E-state index in [0.717, 1.165) is 0 Å². The molecule has 2 aliphatic heterocycles. The first kappa shape index (κ1) is 15.6. The van der Waals surface area contributed by atoms with E-state index in [2.05, 4.69) is 5.32 Å². The average Bonchev–Trinajstić information content (AvgIpc) is 2.60. The van der Waals surface area contributed by atoms with Gasteiger partial charge in [0.2, 0.25) is 5.91 Å². The van der Waals surface area contributed by atoms with Crippen LogP contribution in [0.1, 0.15) is 27.2 Å². The molecule has 1 amide bonds. The summed E-state index contributed by atoms with van der Waals surface area (Å²) < 4.78 is 4.80. The molecule has 2 heterocycles. The summed E-state index contributed by atoms with van der Waals surface area (Å²) in [6.07, 6.45) is 0.297. The van der Waals surface area contributed by atoms with E-state index in [0.29, 0.717) is 32.7 Å². The lowest BCUT2D eigenvalue weighted by Gasteiger charge is -2.31. The molecule has 2 saturated heterocycles. The number of carbonyl (C=O) groups is 2. The number of carboxylic acids is 1. The van der Waals surface area contributed by atoms with Gasteiger partial charge in [-0.2, -0.15) is 0 Å². The Bertz CT molecular complexity index is 409. The Morgan fingerprint density at radius 2 is 1.95 bits per heavy atom. The van der Waals surface area contributed by atoms with Crippen molar-refractivity contribution in [1.82, 2.24) is 10.2 Å². The molecule has 2 unspecified atom stereocenters. The second kappa shape index (κ2) is 5.54. The maximum absolute atomic E-state index is 12.3. The molecule has 7 heteroatoms. The van der Waals surface area contributed by atoms with Crippen molar-refractivity contribution in [2.75, 3.05) is 26.3 Å². The van der Waals surface area contributed by atoms with Crippen molar-refractivity contribution in [2.24, 2.45) is 0 Å². The van der Waals surface area contributed by atoms with Crippen molar-refractivity contribution < 1.29 is 19.4 Å². The summed E-state index contributed by atoms with van der Waals surface area (Å²) in [5, 5.41) is 12.4. The molecule has 0 aromatic carbocycles. The minimum absolute atomic E-state index is 0.0534. The van der Waals surface area contributed by atoms with Crippen LogP contribution >= 0.6 is 11.8 Å². The van der Waals surface area contributed by atoms with Crippen LogP contribution < -0.4 is 5.32 Å². The standard InChI is InChI=1S/C13H22N2O4S/c1-12(2)10(11(17)18)14-13(3,20-12)8-9(16)15-4-6-19-7-5-15/h10,14H,4-8H2,1-3H3,(H,17,18). The van der Waals surface area contributed by atoms with Crippen LogP contribution in [0.15, 0.2) is 0 Å². The number of rotatable bonds is 3. The topological polar surface area (TPSA) is 78.9 Å². The smallest absolute Gasteiger partial charge is 0.322 e. The van der Waals surface area contributed by atoms with Gasteiger partial charge in [0.05, 0.1) is 24.5 Å². The fourth-order valence-electron chi connectivity index (χ4n) is 2.81. The molecule has 2 rings (SSSR count). The first-order valence-corrected chi connectivity index (χ1v) is 7.61. The lowest BCUT2D eigenvalue weighted by molar-refractivity contribution is -0.141. The molecule has 20 heavy (non-hydrogen) atoms. The third kappa shape index (κ3) is 3.27. The third-order valence-electron chi connectivity index (χ3n) is 3.73. The number of morpholine rings is 1. The van der Waals surface area contributed by atoms with E-state index in [1.54, 1.807) is 4.90 Å². The lowest BCUT2D eigenvalue weighted by Crippen LogP contribution is -2.50. The Morgan fingerprint density at radius 1 is 1.35 bits per heavy atom. The quantitative estimate of drug-likeness (QED) is 0.791. The summed E-state index contributed by atoms with van der Waals surface area (Å²) in [5.74, 6) is -0.817. The van der Waals surface area contributed by atoms with Crippen molar-refractivity contribution in [1.29, 1.82) is 0 Å². The molecule has 0 aromatic rings. The highest BCUT2D eigenvalue weighted by Gasteiger charge is 2.51. The van der Waals surface area contributed by atoms with Crippen LogP contribution in [0.5, 0.6) is 0 Å². The molecule has 0 radical (unpaired) electrons. The number of nitrogens with one attached hydrogen (secondary N) is 1. The molecule has 0 aliphatic carbocycles. The molecule has 2 atom stereocenters. The van der Waals surface area contributed by atoms with Crippen LogP contribution in [-0.2, 0) is 14.3 Å². The zero-order valence-electron chi connectivity index (χ0n) is 12.1. The van der Waals surface area contributed by atoms with Gasteiger partial charge in [-0.05, 0) is 20.8 Å². The predicted molar refractivity (Wildman–Crippen MR) is 76.7 cm³/mol. The summed E-state index contributed by atoms with van der Waals surface area (Å²) in [7, 11) is 0. The van der Waals surface area contributed by atoms with E-state index in [-0.39, 0.29) is 5.91 Å². The summed E-state index contributed by atoms with van der Waals surface area (Å²) in [5.41, 5.74) is 0. The van der Waals surface area contributed by atoms with Crippen LogP contribution in [0.2, 0.25) is 0 Å². The number of hydrogen-bond donors (Lipinski definition) is 2. The second-order valence-electron chi connectivity index (χ2n) is 6.02. The number of nitrogens with zero attached hydrogens (tertiary/aromatic N) is 1. The summed E-state index contributed by atoms with van der Waals surface area (Å²) in [6.45, 7) is 8.08. The Kier molecular flexibility index (Phi) is 4.32. The maximum atomic E-state index is 12.3. The predicted octanol–water partition coefficient (Wildman–Crippen LogP) is 0.520. The fraction of sp³-hybridized carbons (Fsp3) is 0.846. The molecule has 2 N–H and O–H groups in total. The number of thioether (sulfide) groups is 1. The van der Waals surface area contributed by atoms with Crippen LogP contribution in [0.3, 0.4) is 0 Å². The summed E-state index contributed by atoms with van der Waals surface area (Å²) in [4.78, 5) is 24.9. The van der Waals surface area contributed by atoms with Gasteiger partial charge in [-0.15, -0.1) is 11.8 Å². The number of ether oxygens (including phenoxy) is 1. The van der Waals surface area contributed by atoms with Crippen LogP contribution in [0, 0.1) is 0 Å². The fourth-order valence-corrected chi connectivity index (χ4v) is 4.62. The van der Waals surface area contributed by atoms with Crippen molar-refractivity contribution >= 4 is 23.6 Å². The summed E-state index contributed by atoms with van der Waals surface area (Å²) >= 11 is 1.53. The third-order valence-corrected chi connectivity index (χ3v) is 5.21. The van der Waals surface area contributed by atoms with Crippen LogP contribution in [-0.4, -0.2) is 63.8 Å². The molecule has 2 fully saturated rings. The number of aliphatic carboxylic acids is 1. The van der Waals surface area contributed by atoms with E-state index < -0.39 is 21.6 Å². The van der Waals surface area contributed by atoms with Gasteiger partial charge in [0.1, 0.15) is 6.04 Å². The first-order chi connectivity index (χ1) is 9.23. The number of amides is 1. The van der Waals surface area contributed by atoms with Gasteiger partial charge in [0, 0.05) is 17.8 Å². The number of hydrogen-bond acceptors (Lipinski definition) is 5. The normalized spacial score (nSPS) is 33.1. The SMILES string of the molecule is CC1(CC(=O)N2CCOCC2)NC(C(=O)O)C(C)(C)S1. The maximum Gasteiger partial charge on any atom is 0.322 e. The highest BCUT2D eigenvalue weighted by atomic mass is 32.2. The van der Waals surface area contributed by atoms with E-state index in [9.17, 15) is 14.7 Å². The number of carbonyl (C=O) groups excluding carboxylic acids is 1.